The van der Waals surface area contributed by atoms with Crippen LogP contribution in [0.25, 0.3) is 0 Å². The molecule has 0 bridgehead atoms. The molecule has 1 aliphatic heterocycles. The van der Waals surface area contributed by atoms with Gasteiger partial charge < -0.3 is 14.7 Å². The zero-order valence-electron chi connectivity index (χ0n) is 14.6. The number of hydrogen-bond donors (Lipinski definition) is 1. The first-order chi connectivity index (χ1) is 11.7. The Balaban J connectivity index is 2.75. The van der Waals surface area contributed by atoms with Crippen LogP contribution < -0.4 is 0 Å². The molecule has 25 heavy (non-hydrogen) atoms. The molecule has 134 valence electrons. The Morgan fingerprint density at radius 3 is 2.40 bits per heavy atom. The highest BCUT2D eigenvalue weighted by Gasteiger charge is 2.61. The van der Waals surface area contributed by atoms with E-state index in [0.717, 1.165) is 0 Å². The molecule has 1 aromatic carbocycles. The number of methoxy groups -OCH3 is 1. The number of aliphatic carboxylic acids is 1. The Morgan fingerprint density at radius 2 is 1.92 bits per heavy atom. The molecular formula is C18H21NO5S. The topological polar surface area (TPSA) is 83.9 Å². The van der Waals surface area contributed by atoms with Gasteiger partial charge in [0.2, 0.25) is 5.91 Å². The maximum atomic E-state index is 13.4. The summed E-state index contributed by atoms with van der Waals surface area (Å²) in [5.41, 5.74) is -2.14. The fourth-order valence-corrected chi connectivity index (χ4v) is 3.56. The van der Waals surface area contributed by atoms with Crippen LogP contribution in [0.3, 0.4) is 0 Å². The molecule has 1 saturated heterocycles. The number of thioether (sulfide) groups is 1. The first kappa shape index (κ1) is 19.1. The van der Waals surface area contributed by atoms with Gasteiger partial charge >= 0.3 is 11.9 Å². The lowest BCUT2D eigenvalue weighted by molar-refractivity contribution is -0.160. The lowest BCUT2D eigenvalue weighted by Crippen LogP contribution is -2.55. The van der Waals surface area contributed by atoms with Crippen LogP contribution in [0.5, 0.6) is 0 Å². The van der Waals surface area contributed by atoms with Crippen LogP contribution in [0.15, 0.2) is 41.3 Å². The molecule has 0 radical (unpaired) electrons. The highest BCUT2D eigenvalue weighted by atomic mass is 32.2. The summed E-state index contributed by atoms with van der Waals surface area (Å²) in [5, 5.41) is 11.3. The summed E-state index contributed by atoms with van der Waals surface area (Å²) in [6, 6.07) is 8.61. The minimum atomic E-state index is -1.66. The van der Waals surface area contributed by atoms with Gasteiger partial charge in [-0.05, 0) is 36.6 Å². The number of hydrogen-bond acceptors (Lipinski definition) is 5. The SMILES string of the molecule is COC(=O)C1(c2ccccc2)C(=O)N(C(C)(C)C(=O)O)CC1=CSC. The molecule has 1 aromatic rings. The fourth-order valence-electron chi connectivity index (χ4n) is 3.02. The van der Waals surface area contributed by atoms with Crippen LogP contribution in [0.1, 0.15) is 19.4 Å². The molecule has 1 atom stereocenters. The minimum Gasteiger partial charge on any atom is -0.480 e. The van der Waals surface area contributed by atoms with E-state index in [2.05, 4.69) is 0 Å². The average Bonchev–Trinajstić information content (AvgIpc) is 2.89. The van der Waals surface area contributed by atoms with Crippen LogP contribution >= 0.6 is 11.8 Å². The Labute approximate surface area is 150 Å². The van der Waals surface area contributed by atoms with Gasteiger partial charge in [-0.15, -0.1) is 11.8 Å². The average molecular weight is 363 g/mol. The van der Waals surface area contributed by atoms with Gasteiger partial charge in [0.05, 0.1) is 7.11 Å². The third-order valence-corrected chi connectivity index (χ3v) is 5.05. The van der Waals surface area contributed by atoms with Crippen molar-refractivity contribution < 1.29 is 24.2 Å². The van der Waals surface area contributed by atoms with E-state index in [9.17, 15) is 19.5 Å². The Morgan fingerprint density at radius 1 is 1.32 bits per heavy atom. The molecule has 1 unspecified atom stereocenters. The number of ether oxygens (including phenoxy) is 1. The number of carbonyl (C=O) groups is 3. The molecule has 1 amide bonds. The zero-order chi connectivity index (χ0) is 18.8. The van der Waals surface area contributed by atoms with Crippen LogP contribution in [-0.4, -0.2) is 53.3 Å². The first-order valence-corrected chi connectivity index (χ1v) is 8.95. The number of carboxylic acids is 1. The van der Waals surface area contributed by atoms with Gasteiger partial charge in [0.1, 0.15) is 5.54 Å². The Bertz CT molecular complexity index is 728. The number of esters is 1. The second-order valence-corrected chi connectivity index (χ2v) is 6.95. The maximum absolute atomic E-state index is 13.4. The van der Waals surface area contributed by atoms with Crippen LogP contribution in [0.4, 0.5) is 0 Å². The third kappa shape index (κ3) is 2.82. The normalized spacial score (nSPS) is 22.3. The van der Waals surface area contributed by atoms with Gasteiger partial charge in [-0.2, -0.15) is 0 Å². The summed E-state index contributed by atoms with van der Waals surface area (Å²) in [6.07, 6.45) is 1.81. The number of carbonyl (C=O) groups excluding carboxylic acids is 2. The first-order valence-electron chi connectivity index (χ1n) is 7.66. The van der Waals surface area contributed by atoms with E-state index in [1.165, 1.54) is 37.6 Å². The number of rotatable bonds is 5. The van der Waals surface area contributed by atoms with Crippen molar-refractivity contribution in [3.8, 4) is 0 Å². The predicted molar refractivity (Wildman–Crippen MR) is 95.2 cm³/mol. The van der Waals surface area contributed by atoms with E-state index in [1.807, 2.05) is 6.26 Å². The van der Waals surface area contributed by atoms with Gasteiger partial charge in [0.25, 0.3) is 0 Å². The third-order valence-electron chi connectivity index (χ3n) is 4.53. The van der Waals surface area contributed by atoms with Crippen molar-refractivity contribution >= 4 is 29.6 Å². The quantitative estimate of drug-likeness (QED) is 0.637. The number of likely N-dealkylation sites (tertiary alicyclic amines) is 1. The smallest absolute Gasteiger partial charge is 0.330 e. The standard InChI is InChI=1S/C18H21NO5S/c1-17(2,15(21)22)19-10-13(11-25-4)18(14(19)20,16(23)24-3)12-8-6-5-7-9-12/h5-9,11H,10H2,1-4H3,(H,21,22). The fraction of sp³-hybridized carbons (Fsp3) is 0.389. The summed E-state index contributed by atoms with van der Waals surface area (Å²) < 4.78 is 4.98. The molecule has 0 saturated carbocycles. The summed E-state index contributed by atoms with van der Waals surface area (Å²) in [5.74, 6) is -2.44. The summed E-state index contributed by atoms with van der Waals surface area (Å²) in [7, 11) is 1.22. The molecule has 1 heterocycles. The molecule has 1 aliphatic rings. The molecule has 0 aromatic heterocycles. The van der Waals surface area contributed by atoms with E-state index < -0.39 is 28.8 Å². The second kappa shape index (κ2) is 6.92. The highest BCUT2D eigenvalue weighted by Crippen LogP contribution is 2.44. The zero-order valence-corrected chi connectivity index (χ0v) is 15.4. The maximum Gasteiger partial charge on any atom is 0.330 e. The molecular weight excluding hydrogens is 342 g/mol. The Hall–Kier alpha value is -2.28. The summed E-state index contributed by atoms with van der Waals surface area (Å²) >= 11 is 1.35. The predicted octanol–water partition coefficient (Wildman–Crippen LogP) is 2.05. The number of amides is 1. The van der Waals surface area contributed by atoms with Crippen molar-refractivity contribution in [1.29, 1.82) is 0 Å². The number of benzene rings is 1. The lowest BCUT2D eigenvalue weighted by atomic mass is 9.76. The molecule has 1 fully saturated rings. The largest absolute Gasteiger partial charge is 0.480 e. The summed E-state index contributed by atoms with van der Waals surface area (Å²) in [4.78, 5) is 39.1. The van der Waals surface area contributed by atoms with Crippen molar-refractivity contribution in [3.05, 3.63) is 46.9 Å². The highest BCUT2D eigenvalue weighted by molar-refractivity contribution is 8.01. The molecule has 2 rings (SSSR count). The van der Waals surface area contributed by atoms with Crippen molar-refractivity contribution in [1.82, 2.24) is 4.90 Å². The van der Waals surface area contributed by atoms with E-state index in [-0.39, 0.29) is 6.54 Å². The van der Waals surface area contributed by atoms with Gasteiger partial charge in [0.15, 0.2) is 5.41 Å². The lowest BCUT2D eigenvalue weighted by Gasteiger charge is -2.33. The summed E-state index contributed by atoms with van der Waals surface area (Å²) in [6.45, 7) is 2.94. The van der Waals surface area contributed by atoms with Gasteiger partial charge in [-0.25, -0.2) is 4.79 Å². The molecule has 0 aliphatic carbocycles. The van der Waals surface area contributed by atoms with Gasteiger partial charge in [-0.1, -0.05) is 30.3 Å². The van der Waals surface area contributed by atoms with Gasteiger partial charge in [0, 0.05) is 6.54 Å². The van der Waals surface area contributed by atoms with Crippen molar-refractivity contribution in [2.75, 3.05) is 19.9 Å². The van der Waals surface area contributed by atoms with Crippen LogP contribution in [0.2, 0.25) is 0 Å². The van der Waals surface area contributed by atoms with E-state index in [0.29, 0.717) is 11.1 Å². The molecule has 6 nitrogen and oxygen atoms in total. The number of carboxylic acid groups (broad SMARTS) is 1. The van der Waals surface area contributed by atoms with E-state index in [4.69, 9.17) is 4.74 Å². The minimum absolute atomic E-state index is 0.0446. The van der Waals surface area contributed by atoms with Crippen LogP contribution in [0, 0.1) is 0 Å². The molecule has 7 heteroatoms. The van der Waals surface area contributed by atoms with Crippen molar-refractivity contribution in [3.63, 3.8) is 0 Å². The van der Waals surface area contributed by atoms with Gasteiger partial charge in [-0.3, -0.25) is 9.59 Å². The van der Waals surface area contributed by atoms with Crippen molar-refractivity contribution in [2.45, 2.75) is 24.8 Å². The van der Waals surface area contributed by atoms with E-state index >= 15 is 0 Å². The molecule has 0 spiro atoms. The number of nitrogens with zero attached hydrogens (tertiary/aromatic N) is 1. The van der Waals surface area contributed by atoms with Crippen molar-refractivity contribution in [2.24, 2.45) is 0 Å². The monoisotopic (exact) mass is 363 g/mol. The molecule has 1 N–H and O–H groups in total. The van der Waals surface area contributed by atoms with E-state index in [1.54, 1.807) is 35.7 Å². The van der Waals surface area contributed by atoms with Crippen LogP contribution in [-0.2, 0) is 24.5 Å². The second-order valence-electron chi connectivity index (χ2n) is 6.24. The Kier molecular flexibility index (Phi) is 5.27.